The largest absolute Gasteiger partial charge is 0.0845 e. The van der Waals surface area contributed by atoms with Crippen LogP contribution in [0.15, 0.2) is 48.6 Å². The van der Waals surface area contributed by atoms with E-state index in [1.165, 1.54) is 32.1 Å². The Kier molecular flexibility index (Phi) is 5.87. The van der Waals surface area contributed by atoms with Crippen LogP contribution in [0.2, 0.25) is 0 Å². The lowest BCUT2D eigenvalue weighted by Gasteiger charge is -1.93. The molecule has 0 amide bonds. The molecule has 0 spiro atoms. The van der Waals surface area contributed by atoms with Gasteiger partial charge in [-0.15, -0.1) is 0 Å². The lowest BCUT2D eigenvalue weighted by atomic mass is 10.1. The maximum Gasteiger partial charge on any atom is -0.0348 e. The lowest BCUT2D eigenvalue weighted by Crippen LogP contribution is -1.74. The zero-order valence-electron chi connectivity index (χ0n) is 8.15. The van der Waals surface area contributed by atoms with E-state index in [0.29, 0.717) is 0 Å². The predicted molar refractivity (Wildman–Crippen MR) is 59.6 cm³/mol. The van der Waals surface area contributed by atoms with Crippen LogP contribution in [0.1, 0.15) is 32.1 Å². The predicted octanol–water partition coefficient (Wildman–Crippen LogP) is 4.18. The summed E-state index contributed by atoms with van der Waals surface area (Å²) in [5.41, 5.74) is 0. The van der Waals surface area contributed by atoms with Gasteiger partial charge in [-0.25, -0.2) is 0 Å². The van der Waals surface area contributed by atoms with Gasteiger partial charge in [-0.2, -0.15) is 0 Å². The molecule has 0 radical (unpaired) electrons. The van der Waals surface area contributed by atoms with Crippen LogP contribution in [0.4, 0.5) is 0 Å². The van der Waals surface area contributed by atoms with Crippen molar-refractivity contribution in [2.45, 2.75) is 32.1 Å². The second-order valence-corrected chi connectivity index (χ2v) is 3.26. The van der Waals surface area contributed by atoms with E-state index in [1.807, 2.05) is 0 Å². The fourth-order valence-electron chi connectivity index (χ4n) is 1.31. The van der Waals surface area contributed by atoms with Crippen LogP contribution < -0.4 is 0 Å². The topological polar surface area (TPSA) is 0 Å². The highest BCUT2D eigenvalue weighted by molar-refractivity contribution is 5.15. The smallest absolute Gasteiger partial charge is 0.0348 e. The minimum atomic E-state index is 1.22. The zero-order chi connectivity index (χ0) is 9.19. The minimum Gasteiger partial charge on any atom is -0.0845 e. The normalized spacial score (nSPS) is 26.5. The Morgan fingerprint density at radius 2 is 0.923 bits per heavy atom. The number of rotatable bonds is 0. The average Bonchev–Trinajstić information content (AvgIpc) is 2.18. The van der Waals surface area contributed by atoms with Crippen LogP contribution in [0.3, 0.4) is 0 Å². The summed E-state index contributed by atoms with van der Waals surface area (Å²) in [6, 6.07) is 0. The average molecular weight is 174 g/mol. The molecule has 0 aliphatic heterocycles. The Balaban J connectivity index is 2.39. The van der Waals surface area contributed by atoms with Gasteiger partial charge in [-0.05, 0) is 25.7 Å². The van der Waals surface area contributed by atoms with Crippen molar-refractivity contribution in [2.24, 2.45) is 0 Å². The number of allylic oxidation sites excluding steroid dienone is 8. The standard InChI is InChI=1S/C13H18/c1-2-4-6-8-10-12-13-11-9-7-5-3-1/h1-8H,9-13H2/b3-1-,4-2+,7-5?,8-6+. The van der Waals surface area contributed by atoms with Crippen molar-refractivity contribution >= 4 is 0 Å². The molecule has 0 saturated carbocycles. The Bertz CT molecular complexity index is 192. The Hall–Kier alpha value is -1.04. The van der Waals surface area contributed by atoms with Crippen molar-refractivity contribution < 1.29 is 0 Å². The molecule has 0 atom stereocenters. The number of hydrogen-bond acceptors (Lipinski definition) is 0. The summed E-state index contributed by atoms with van der Waals surface area (Å²) in [6.45, 7) is 0. The summed E-state index contributed by atoms with van der Waals surface area (Å²) in [5, 5.41) is 0. The van der Waals surface area contributed by atoms with Crippen LogP contribution in [0.5, 0.6) is 0 Å². The first-order valence-corrected chi connectivity index (χ1v) is 5.15. The molecule has 13 heavy (non-hydrogen) atoms. The van der Waals surface area contributed by atoms with Crippen molar-refractivity contribution in [3.8, 4) is 0 Å². The molecule has 0 heteroatoms. The van der Waals surface area contributed by atoms with Crippen LogP contribution in [-0.2, 0) is 0 Å². The summed E-state index contributed by atoms with van der Waals surface area (Å²) in [4.78, 5) is 0. The maximum absolute atomic E-state index is 2.25. The Morgan fingerprint density at radius 3 is 1.46 bits per heavy atom. The molecular weight excluding hydrogens is 156 g/mol. The molecule has 0 saturated heterocycles. The van der Waals surface area contributed by atoms with Crippen LogP contribution in [-0.4, -0.2) is 0 Å². The summed E-state index contributed by atoms with van der Waals surface area (Å²) in [7, 11) is 0. The first kappa shape index (κ1) is 10.0. The first-order chi connectivity index (χ1) is 6.50. The van der Waals surface area contributed by atoms with Crippen molar-refractivity contribution in [1.82, 2.24) is 0 Å². The molecule has 0 unspecified atom stereocenters. The van der Waals surface area contributed by atoms with Gasteiger partial charge in [0.25, 0.3) is 0 Å². The van der Waals surface area contributed by atoms with Crippen molar-refractivity contribution in [2.75, 3.05) is 0 Å². The van der Waals surface area contributed by atoms with Gasteiger partial charge in [-0.1, -0.05) is 55.0 Å². The molecule has 0 aromatic heterocycles. The van der Waals surface area contributed by atoms with Gasteiger partial charge in [0.2, 0.25) is 0 Å². The van der Waals surface area contributed by atoms with Gasteiger partial charge in [0, 0.05) is 0 Å². The monoisotopic (exact) mass is 174 g/mol. The molecule has 0 fully saturated rings. The van der Waals surface area contributed by atoms with E-state index in [1.54, 1.807) is 0 Å². The van der Waals surface area contributed by atoms with Gasteiger partial charge in [0.1, 0.15) is 0 Å². The van der Waals surface area contributed by atoms with Crippen LogP contribution >= 0.6 is 0 Å². The Morgan fingerprint density at radius 1 is 0.462 bits per heavy atom. The van der Waals surface area contributed by atoms with Gasteiger partial charge in [-0.3, -0.25) is 0 Å². The molecule has 1 rings (SSSR count). The molecule has 0 bridgehead atoms. The van der Waals surface area contributed by atoms with Crippen LogP contribution in [0, 0.1) is 0 Å². The van der Waals surface area contributed by atoms with Crippen molar-refractivity contribution in [1.29, 1.82) is 0 Å². The second-order valence-electron chi connectivity index (χ2n) is 3.26. The van der Waals surface area contributed by atoms with E-state index in [0.717, 1.165) is 0 Å². The minimum absolute atomic E-state index is 1.22. The highest BCUT2D eigenvalue weighted by Crippen LogP contribution is 2.04. The first-order valence-electron chi connectivity index (χ1n) is 5.15. The summed E-state index contributed by atoms with van der Waals surface area (Å²) in [6.07, 6.45) is 23.5. The quantitative estimate of drug-likeness (QED) is 0.517. The Labute approximate surface area is 81.4 Å². The summed E-state index contributed by atoms with van der Waals surface area (Å²) >= 11 is 0. The molecule has 0 nitrogen and oxygen atoms in total. The highest BCUT2D eigenvalue weighted by Gasteiger charge is 1.85. The molecule has 0 N–H and O–H groups in total. The lowest BCUT2D eigenvalue weighted by molar-refractivity contribution is 0.696. The highest BCUT2D eigenvalue weighted by atomic mass is 13.9. The van der Waals surface area contributed by atoms with Crippen LogP contribution in [0.25, 0.3) is 0 Å². The van der Waals surface area contributed by atoms with E-state index in [2.05, 4.69) is 48.6 Å². The molecule has 0 aromatic carbocycles. The third kappa shape index (κ3) is 6.15. The third-order valence-corrected chi connectivity index (χ3v) is 2.07. The van der Waals surface area contributed by atoms with Gasteiger partial charge in [0.05, 0.1) is 0 Å². The van der Waals surface area contributed by atoms with Crippen molar-refractivity contribution in [3.63, 3.8) is 0 Å². The molecule has 0 aromatic rings. The van der Waals surface area contributed by atoms with E-state index in [4.69, 9.17) is 0 Å². The zero-order valence-corrected chi connectivity index (χ0v) is 8.15. The van der Waals surface area contributed by atoms with E-state index < -0.39 is 0 Å². The third-order valence-electron chi connectivity index (χ3n) is 2.07. The van der Waals surface area contributed by atoms with E-state index in [-0.39, 0.29) is 0 Å². The molecule has 0 heterocycles. The van der Waals surface area contributed by atoms with Gasteiger partial charge >= 0.3 is 0 Å². The number of hydrogen-bond donors (Lipinski definition) is 0. The summed E-state index contributed by atoms with van der Waals surface area (Å²) in [5.74, 6) is 0. The van der Waals surface area contributed by atoms with E-state index in [9.17, 15) is 0 Å². The SMILES string of the molecule is C1=CCCCCC/C=C/C=C/C=C\1. The van der Waals surface area contributed by atoms with Gasteiger partial charge < -0.3 is 0 Å². The van der Waals surface area contributed by atoms with Gasteiger partial charge in [0.15, 0.2) is 0 Å². The van der Waals surface area contributed by atoms with E-state index >= 15 is 0 Å². The molecule has 70 valence electrons. The fraction of sp³-hybridized carbons (Fsp3) is 0.385. The second kappa shape index (κ2) is 7.60. The maximum atomic E-state index is 2.25. The van der Waals surface area contributed by atoms with Crippen molar-refractivity contribution in [3.05, 3.63) is 48.6 Å². The molecular formula is C13H18. The molecule has 1 aliphatic carbocycles. The molecule has 1 aliphatic rings. The summed E-state index contributed by atoms with van der Waals surface area (Å²) < 4.78 is 0. The fourth-order valence-corrected chi connectivity index (χ4v) is 1.31.